The van der Waals surface area contributed by atoms with Gasteiger partial charge in [0, 0.05) is 42.1 Å². The first kappa shape index (κ1) is 21.4. The molecule has 0 saturated carbocycles. The van der Waals surface area contributed by atoms with Crippen LogP contribution in [0.3, 0.4) is 0 Å². The maximum Gasteiger partial charge on any atom is 0.0541 e. The van der Waals surface area contributed by atoms with Gasteiger partial charge in [-0.2, -0.15) is 0 Å². The van der Waals surface area contributed by atoms with Crippen LogP contribution < -0.4 is 0 Å². The lowest BCUT2D eigenvalue weighted by Crippen LogP contribution is -1.98. The summed E-state index contributed by atoms with van der Waals surface area (Å²) in [5, 5.41) is 5.22. The van der Waals surface area contributed by atoms with Crippen LogP contribution in [0.15, 0.2) is 140 Å². The Balaban J connectivity index is 1.43. The molecule has 2 heteroatoms. The number of thiophene rings is 1. The first-order valence-corrected chi connectivity index (χ1v) is 13.8. The van der Waals surface area contributed by atoms with Gasteiger partial charge in [-0.15, -0.1) is 11.3 Å². The number of hydrogen-bond acceptors (Lipinski definition) is 1. The number of aromatic nitrogens is 1. The third kappa shape index (κ3) is 3.11. The Morgan fingerprint density at radius 3 is 1.61 bits per heavy atom. The van der Waals surface area contributed by atoms with Gasteiger partial charge in [0.2, 0.25) is 0 Å². The van der Waals surface area contributed by atoms with Crippen LogP contribution in [0.2, 0.25) is 0 Å². The fourth-order valence-electron chi connectivity index (χ4n) is 5.99. The van der Waals surface area contributed by atoms with E-state index < -0.39 is 0 Å². The van der Waals surface area contributed by atoms with Crippen molar-refractivity contribution in [3.05, 3.63) is 140 Å². The topological polar surface area (TPSA) is 4.93 Å². The third-order valence-corrected chi connectivity index (χ3v) is 8.86. The Kier molecular flexibility index (Phi) is 4.76. The van der Waals surface area contributed by atoms with Crippen molar-refractivity contribution in [2.75, 3.05) is 0 Å². The van der Waals surface area contributed by atoms with Crippen LogP contribution >= 0.6 is 11.3 Å². The second-order valence-electron chi connectivity index (χ2n) is 9.71. The highest BCUT2D eigenvalue weighted by atomic mass is 32.1. The fraction of sp³-hybridized carbons (Fsp3) is 0. The predicted molar refractivity (Wildman–Crippen MR) is 165 cm³/mol. The molecule has 0 radical (unpaired) electrons. The van der Waals surface area contributed by atoms with Gasteiger partial charge in [-0.05, 0) is 35.4 Å². The number of hydrogen-bond donors (Lipinski definition) is 0. The van der Waals surface area contributed by atoms with Gasteiger partial charge < -0.3 is 4.57 Å². The van der Waals surface area contributed by atoms with Crippen LogP contribution in [0.25, 0.3) is 69.9 Å². The fourth-order valence-corrected chi connectivity index (χ4v) is 7.22. The summed E-state index contributed by atoms with van der Waals surface area (Å²) in [5.74, 6) is 0. The molecule has 0 saturated heterocycles. The van der Waals surface area contributed by atoms with Crippen molar-refractivity contribution in [2.24, 2.45) is 0 Å². The van der Waals surface area contributed by atoms with Crippen molar-refractivity contribution >= 4 is 53.3 Å². The molecule has 2 aromatic heterocycles. The average Bonchev–Trinajstić information content (AvgIpc) is 3.53. The van der Waals surface area contributed by atoms with E-state index in [0.717, 1.165) is 0 Å². The maximum absolute atomic E-state index is 2.43. The highest BCUT2D eigenvalue weighted by molar-refractivity contribution is 7.26. The molecule has 8 aromatic rings. The molecular weight excluding hydrogens is 478 g/mol. The SMILES string of the molecule is c1ccc(-c2cccc3c2sc2ccccc23)c(-c2ccccc2-n2c3ccccc3c3ccccc32)c1. The van der Waals surface area contributed by atoms with Gasteiger partial charge in [-0.3, -0.25) is 0 Å². The van der Waals surface area contributed by atoms with Crippen LogP contribution in [0.4, 0.5) is 0 Å². The van der Waals surface area contributed by atoms with E-state index >= 15 is 0 Å². The summed E-state index contributed by atoms with van der Waals surface area (Å²) in [6.07, 6.45) is 0. The molecule has 2 heterocycles. The van der Waals surface area contributed by atoms with E-state index in [4.69, 9.17) is 0 Å². The Hall–Kier alpha value is -4.66. The zero-order valence-electron chi connectivity index (χ0n) is 20.6. The van der Waals surface area contributed by atoms with Gasteiger partial charge in [0.25, 0.3) is 0 Å². The van der Waals surface area contributed by atoms with Crippen LogP contribution in [0.5, 0.6) is 0 Å². The molecule has 178 valence electrons. The average molecular weight is 502 g/mol. The summed E-state index contributed by atoms with van der Waals surface area (Å²) in [4.78, 5) is 0. The van der Waals surface area contributed by atoms with Crippen molar-refractivity contribution in [2.45, 2.75) is 0 Å². The maximum atomic E-state index is 2.43. The largest absolute Gasteiger partial charge is 0.309 e. The van der Waals surface area contributed by atoms with Gasteiger partial charge >= 0.3 is 0 Å². The molecule has 0 fully saturated rings. The minimum Gasteiger partial charge on any atom is -0.309 e. The molecule has 8 rings (SSSR count). The lowest BCUT2D eigenvalue weighted by molar-refractivity contribution is 1.18. The molecule has 0 aliphatic heterocycles. The lowest BCUT2D eigenvalue weighted by Gasteiger charge is -2.17. The molecule has 1 nitrogen and oxygen atoms in total. The number of rotatable bonds is 3. The highest BCUT2D eigenvalue weighted by Crippen LogP contribution is 2.44. The van der Waals surface area contributed by atoms with E-state index in [9.17, 15) is 0 Å². The van der Waals surface area contributed by atoms with E-state index in [1.807, 2.05) is 11.3 Å². The summed E-state index contributed by atoms with van der Waals surface area (Å²) >= 11 is 1.89. The summed E-state index contributed by atoms with van der Waals surface area (Å²) in [7, 11) is 0. The van der Waals surface area contributed by atoms with Crippen LogP contribution in [-0.2, 0) is 0 Å². The minimum absolute atomic E-state index is 1.20. The molecule has 0 bridgehead atoms. The highest BCUT2D eigenvalue weighted by Gasteiger charge is 2.18. The van der Waals surface area contributed by atoms with Crippen LogP contribution in [-0.4, -0.2) is 4.57 Å². The standard InChI is InChI=1S/C36H23NS/c1-2-13-25(30-18-11-19-31-29-17-6-10-23-35(29)38-36(30)31)24(12-1)26-14-3-7-20-32(26)37-33-21-8-4-15-27(33)28-16-5-9-22-34(28)37/h1-23H. The first-order chi connectivity index (χ1) is 18.9. The molecule has 0 N–H and O–H groups in total. The molecule has 0 spiro atoms. The van der Waals surface area contributed by atoms with Gasteiger partial charge in [-0.1, -0.05) is 115 Å². The number of para-hydroxylation sites is 3. The number of fused-ring (bicyclic) bond motifs is 6. The van der Waals surface area contributed by atoms with Gasteiger partial charge in [0.05, 0.1) is 16.7 Å². The van der Waals surface area contributed by atoms with Crippen molar-refractivity contribution in [3.63, 3.8) is 0 Å². The summed E-state index contributed by atoms with van der Waals surface area (Å²) in [6, 6.07) is 50.6. The molecule has 38 heavy (non-hydrogen) atoms. The van der Waals surface area contributed by atoms with E-state index in [-0.39, 0.29) is 0 Å². The number of benzene rings is 6. The quantitative estimate of drug-likeness (QED) is 0.227. The Bertz CT molecular complexity index is 2090. The van der Waals surface area contributed by atoms with Crippen molar-refractivity contribution in [3.8, 4) is 27.9 Å². The molecule has 0 unspecified atom stereocenters. The van der Waals surface area contributed by atoms with Crippen molar-refractivity contribution in [1.29, 1.82) is 0 Å². The van der Waals surface area contributed by atoms with Gasteiger partial charge in [-0.25, -0.2) is 0 Å². The molecule has 0 aliphatic carbocycles. The van der Waals surface area contributed by atoms with Crippen LogP contribution in [0, 0.1) is 0 Å². The third-order valence-electron chi connectivity index (χ3n) is 7.64. The zero-order valence-corrected chi connectivity index (χ0v) is 21.5. The van der Waals surface area contributed by atoms with Crippen LogP contribution in [0.1, 0.15) is 0 Å². The van der Waals surface area contributed by atoms with Crippen molar-refractivity contribution in [1.82, 2.24) is 4.57 Å². The first-order valence-electron chi connectivity index (χ1n) is 13.0. The Labute approximate surface area is 224 Å². The second kappa shape index (κ2) is 8.44. The Morgan fingerprint density at radius 1 is 0.368 bits per heavy atom. The summed E-state index contributed by atoms with van der Waals surface area (Å²) in [5.41, 5.74) is 8.67. The number of nitrogens with zero attached hydrogens (tertiary/aromatic N) is 1. The Morgan fingerprint density at radius 2 is 0.868 bits per heavy atom. The van der Waals surface area contributed by atoms with Gasteiger partial charge in [0.15, 0.2) is 0 Å². The summed E-state index contributed by atoms with van der Waals surface area (Å²) in [6.45, 7) is 0. The van der Waals surface area contributed by atoms with E-state index in [1.165, 1.54) is 69.9 Å². The molecule has 0 amide bonds. The smallest absolute Gasteiger partial charge is 0.0541 e. The molecule has 0 aliphatic rings. The normalized spacial score (nSPS) is 11.7. The summed E-state index contributed by atoms with van der Waals surface area (Å²) < 4.78 is 5.10. The second-order valence-corrected chi connectivity index (χ2v) is 10.8. The zero-order chi connectivity index (χ0) is 25.1. The predicted octanol–water partition coefficient (Wildman–Crippen LogP) is 10.5. The van der Waals surface area contributed by atoms with E-state index in [0.29, 0.717) is 0 Å². The minimum atomic E-state index is 1.20. The lowest BCUT2D eigenvalue weighted by atomic mass is 9.92. The van der Waals surface area contributed by atoms with E-state index in [2.05, 4.69) is 144 Å². The van der Waals surface area contributed by atoms with Crippen molar-refractivity contribution < 1.29 is 0 Å². The van der Waals surface area contributed by atoms with Gasteiger partial charge in [0.1, 0.15) is 0 Å². The molecule has 0 atom stereocenters. The molecule has 6 aromatic carbocycles. The van der Waals surface area contributed by atoms with E-state index in [1.54, 1.807) is 0 Å². The monoisotopic (exact) mass is 501 g/mol. The molecular formula is C36H23NS.